The molecule has 1 fully saturated rings. The fourth-order valence-corrected chi connectivity index (χ4v) is 3.67. The molecule has 3 aromatic rings. The Hall–Kier alpha value is -4.00. The molecule has 0 saturated carbocycles. The Morgan fingerprint density at radius 2 is 1.84 bits per heavy atom. The van der Waals surface area contributed by atoms with E-state index in [2.05, 4.69) is 4.98 Å². The van der Waals surface area contributed by atoms with E-state index in [9.17, 15) is 19.1 Å². The van der Waals surface area contributed by atoms with Crippen molar-refractivity contribution in [3.63, 3.8) is 0 Å². The van der Waals surface area contributed by atoms with Gasteiger partial charge in [-0.2, -0.15) is 0 Å². The highest BCUT2D eigenvalue weighted by Gasteiger charge is 2.47. The van der Waals surface area contributed by atoms with Crippen LogP contribution >= 0.6 is 0 Å². The molecule has 156 valence electrons. The van der Waals surface area contributed by atoms with Crippen LogP contribution in [0.25, 0.3) is 5.76 Å². The Bertz CT molecular complexity index is 1190. The second kappa shape index (κ2) is 8.02. The molecular weight excluding hydrogens is 399 g/mol. The van der Waals surface area contributed by atoms with E-state index in [1.54, 1.807) is 30.3 Å². The zero-order valence-corrected chi connectivity index (χ0v) is 16.9. The summed E-state index contributed by atoms with van der Waals surface area (Å²) in [6.07, 6.45) is 1.54. The number of carbonyl (C=O) groups is 2. The van der Waals surface area contributed by atoms with Crippen molar-refractivity contribution in [2.45, 2.75) is 13.0 Å². The summed E-state index contributed by atoms with van der Waals surface area (Å²) in [4.78, 5) is 31.6. The molecule has 1 unspecified atom stereocenters. The van der Waals surface area contributed by atoms with E-state index in [0.29, 0.717) is 22.7 Å². The third-order valence-electron chi connectivity index (χ3n) is 5.13. The molecule has 1 aliphatic rings. The number of hydrogen-bond acceptors (Lipinski definition) is 5. The molecule has 1 N–H and O–H groups in total. The second-order valence-electron chi connectivity index (χ2n) is 7.10. The lowest BCUT2D eigenvalue weighted by atomic mass is 9.97. The summed E-state index contributed by atoms with van der Waals surface area (Å²) >= 11 is 0. The SMILES string of the molecule is COc1ccc(C)cc1/C(O)=C1\C(=O)C(=O)N(c2ccc(F)cc2)C1c1ccccn1. The van der Waals surface area contributed by atoms with Crippen LogP contribution in [0.15, 0.2) is 72.4 Å². The van der Waals surface area contributed by atoms with Crippen LogP contribution in [0, 0.1) is 12.7 Å². The number of amides is 1. The Morgan fingerprint density at radius 3 is 2.48 bits per heavy atom. The first kappa shape index (κ1) is 20.3. The smallest absolute Gasteiger partial charge is 0.300 e. The molecule has 7 heteroatoms. The maximum Gasteiger partial charge on any atom is 0.300 e. The van der Waals surface area contributed by atoms with Gasteiger partial charge in [-0.1, -0.05) is 17.7 Å². The average Bonchev–Trinajstić information content (AvgIpc) is 3.05. The van der Waals surface area contributed by atoms with Gasteiger partial charge in [0.1, 0.15) is 23.4 Å². The highest BCUT2D eigenvalue weighted by atomic mass is 19.1. The predicted molar refractivity (Wildman–Crippen MR) is 113 cm³/mol. The van der Waals surface area contributed by atoms with Crippen LogP contribution in [0.5, 0.6) is 5.75 Å². The van der Waals surface area contributed by atoms with E-state index in [1.165, 1.54) is 42.5 Å². The van der Waals surface area contributed by atoms with Gasteiger partial charge >= 0.3 is 0 Å². The summed E-state index contributed by atoms with van der Waals surface area (Å²) in [7, 11) is 1.45. The highest BCUT2D eigenvalue weighted by Crippen LogP contribution is 2.42. The minimum atomic E-state index is -0.989. The van der Waals surface area contributed by atoms with Crippen molar-refractivity contribution in [1.82, 2.24) is 4.98 Å². The molecule has 4 rings (SSSR count). The highest BCUT2D eigenvalue weighted by molar-refractivity contribution is 6.51. The molecule has 1 amide bonds. The number of ether oxygens (including phenoxy) is 1. The fourth-order valence-electron chi connectivity index (χ4n) is 3.67. The Morgan fingerprint density at radius 1 is 1.10 bits per heavy atom. The van der Waals surface area contributed by atoms with Crippen LogP contribution in [0.3, 0.4) is 0 Å². The number of aryl methyl sites for hydroxylation is 1. The normalized spacial score (nSPS) is 17.8. The first-order valence-electron chi connectivity index (χ1n) is 9.55. The minimum Gasteiger partial charge on any atom is -0.507 e. The molecule has 31 heavy (non-hydrogen) atoms. The summed E-state index contributed by atoms with van der Waals surface area (Å²) in [6.45, 7) is 1.84. The number of aromatic nitrogens is 1. The van der Waals surface area contributed by atoms with Gasteiger partial charge in [-0.25, -0.2) is 4.39 Å². The van der Waals surface area contributed by atoms with Crippen molar-refractivity contribution in [2.75, 3.05) is 12.0 Å². The van der Waals surface area contributed by atoms with Gasteiger partial charge in [0.05, 0.1) is 23.9 Å². The van der Waals surface area contributed by atoms with Crippen LogP contribution < -0.4 is 9.64 Å². The molecular formula is C24H19FN2O4. The Labute approximate surface area is 178 Å². The molecule has 1 saturated heterocycles. The molecule has 0 radical (unpaired) electrons. The van der Waals surface area contributed by atoms with Crippen LogP contribution in [0.1, 0.15) is 22.9 Å². The van der Waals surface area contributed by atoms with E-state index in [-0.39, 0.29) is 11.3 Å². The molecule has 2 aromatic carbocycles. The predicted octanol–water partition coefficient (Wildman–Crippen LogP) is 4.16. The number of benzene rings is 2. The monoisotopic (exact) mass is 418 g/mol. The van der Waals surface area contributed by atoms with Gasteiger partial charge in [0.25, 0.3) is 11.7 Å². The topological polar surface area (TPSA) is 79.7 Å². The minimum absolute atomic E-state index is 0.114. The second-order valence-corrected chi connectivity index (χ2v) is 7.10. The summed E-state index contributed by atoms with van der Waals surface area (Å²) in [5.74, 6) is -2.18. The lowest BCUT2D eigenvalue weighted by Crippen LogP contribution is -2.29. The Kier molecular flexibility index (Phi) is 5.25. The number of aliphatic hydroxyl groups excluding tert-OH is 1. The van der Waals surface area contributed by atoms with Gasteiger partial charge in [0.15, 0.2) is 0 Å². The number of pyridine rings is 1. The number of carbonyl (C=O) groups excluding carboxylic acids is 2. The van der Waals surface area contributed by atoms with E-state index in [0.717, 1.165) is 5.56 Å². The molecule has 2 heterocycles. The number of rotatable bonds is 4. The lowest BCUT2D eigenvalue weighted by molar-refractivity contribution is -0.132. The molecule has 1 atom stereocenters. The fraction of sp³-hybridized carbons (Fsp3) is 0.125. The maximum absolute atomic E-state index is 13.5. The summed E-state index contributed by atoms with van der Waals surface area (Å²) in [5.41, 5.74) is 1.72. The average molecular weight is 418 g/mol. The van der Waals surface area contributed by atoms with Crippen LogP contribution in [-0.4, -0.2) is 28.9 Å². The van der Waals surface area contributed by atoms with E-state index in [4.69, 9.17) is 4.74 Å². The van der Waals surface area contributed by atoms with Crippen molar-refractivity contribution >= 4 is 23.1 Å². The van der Waals surface area contributed by atoms with E-state index in [1.807, 2.05) is 13.0 Å². The number of anilines is 1. The van der Waals surface area contributed by atoms with Gasteiger partial charge in [-0.3, -0.25) is 19.5 Å². The summed E-state index contributed by atoms with van der Waals surface area (Å²) < 4.78 is 18.8. The zero-order chi connectivity index (χ0) is 22.1. The molecule has 0 aliphatic carbocycles. The number of methoxy groups -OCH3 is 1. The van der Waals surface area contributed by atoms with Gasteiger partial charge in [-0.05, 0) is 55.5 Å². The maximum atomic E-state index is 13.5. The summed E-state index contributed by atoms with van der Waals surface area (Å²) in [5, 5.41) is 11.2. The van der Waals surface area contributed by atoms with Gasteiger partial charge in [0.2, 0.25) is 0 Å². The van der Waals surface area contributed by atoms with Gasteiger partial charge < -0.3 is 9.84 Å². The van der Waals surface area contributed by atoms with Crippen molar-refractivity contribution in [2.24, 2.45) is 0 Å². The summed E-state index contributed by atoms with van der Waals surface area (Å²) in [6, 6.07) is 14.5. The molecule has 0 spiro atoms. The van der Waals surface area contributed by atoms with Crippen LogP contribution in [-0.2, 0) is 9.59 Å². The van der Waals surface area contributed by atoms with Crippen molar-refractivity contribution < 1.29 is 23.8 Å². The third kappa shape index (κ3) is 3.54. The molecule has 1 aromatic heterocycles. The Balaban J connectivity index is 1.97. The first-order valence-corrected chi connectivity index (χ1v) is 9.55. The largest absolute Gasteiger partial charge is 0.507 e. The van der Waals surface area contributed by atoms with E-state index < -0.39 is 23.5 Å². The zero-order valence-electron chi connectivity index (χ0n) is 16.9. The van der Waals surface area contributed by atoms with Crippen LogP contribution in [0.2, 0.25) is 0 Å². The number of aliphatic hydroxyl groups is 1. The molecule has 0 bridgehead atoms. The van der Waals surface area contributed by atoms with Crippen molar-refractivity contribution in [1.29, 1.82) is 0 Å². The number of Topliss-reactive ketones (excluding diaryl/α,β-unsaturated/α-hetero) is 1. The van der Waals surface area contributed by atoms with Crippen molar-refractivity contribution in [3.8, 4) is 5.75 Å². The van der Waals surface area contributed by atoms with E-state index >= 15 is 0 Å². The standard InChI is InChI=1S/C24H19FN2O4/c1-14-6-11-19(31-2)17(13-14)22(28)20-21(18-5-3-4-12-26-18)27(24(30)23(20)29)16-9-7-15(25)8-10-16/h3-13,21,28H,1-2H3/b22-20+. The number of hydrogen-bond donors (Lipinski definition) is 1. The molecule has 6 nitrogen and oxygen atoms in total. The number of halogens is 1. The third-order valence-corrected chi connectivity index (χ3v) is 5.13. The van der Waals surface area contributed by atoms with Crippen LogP contribution in [0.4, 0.5) is 10.1 Å². The molecule has 1 aliphatic heterocycles. The first-order chi connectivity index (χ1) is 14.9. The number of nitrogens with zero attached hydrogens (tertiary/aromatic N) is 2. The quantitative estimate of drug-likeness (QED) is 0.391. The number of ketones is 1. The van der Waals surface area contributed by atoms with Gasteiger partial charge in [-0.15, -0.1) is 0 Å². The van der Waals surface area contributed by atoms with Crippen molar-refractivity contribution in [3.05, 3.63) is 95.1 Å². The van der Waals surface area contributed by atoms with Gasteiger partial charge in [0, 0.05) is 11.9 Å². The lowest BCUT2D eigenvalue weighted by Gasteiger charge is -2.24.